The highest BCUT2D eigenvalue weighted by atomic mass is 35.5. The largest absolute Gasteiger partial charge is 0.495 e. The minimum Gasteiger partial charge on any atom is -0.495 e. The monoisotopic (exact) mass is 598 g/mol. The van der Waals surface area contributed by atoms with E-state index in [4.69, 9.17) is 32.5 Å². The summed E-state index contributed by atoms with van der Waals surface area (Å²) >= 11 is 6.35. The molecular weight excluding hydrogens is 573 g/mol. The second kappa shape index (κ2) is 12.3. The summed E-state index contributed by atoms with van der Waals surface area (Å²) in [6.45, 7) is 1.35. The minimum absolute atomic E-state index is 0.0305. The quantitative estimate of drug-likeness (QED) is 0.164. The molecule has 1 amide bonds. The first-order chi connectivity index (χ1) is 19.9. The highest BCUT2D eigenvalue weighted by molar-refractivity contribution is 6.33. The number of hydrogen-bond donors (Lipinski definition) is 4. The Bertz CT molecular complexity index is 1760. The summed E-state index contributed by atoms with van der Waals surface area (Å²) in [6, 6.07) is 17.4. The molecule has 5 rings (SSSR count). The van der Waals surface area contributed by atoms with Crippen molar-refractivity contribution >= 4 is 45.6 Å². The number of para-hydroxylation sites is 2. The molecule has 6 N–H and O–H groups in total. The van der Waals surface area contributed by atoms with Gasteiger partial charge in [0.25, 0.3) is 5.91 Å². The van der Waals surface area contributed by atoms with Crippen LogP contribution >= 0.6 is 11.6 Å². The number of nitrogens with two attached hydrogens (primary N) is 2. The highest BCUT2D eigenvalue weighted by Gasteiger charge is 2.33. The number of fused-ring (bicyclic) bond motifs is 1. The Morgan fingerprint density at radius 1 is 0.952 bits per heavy atom. The third-order valence-electron chi connectivity index (χ3n) is 6.12. The zero-order valence-electron chi connectivity index (χ0n) is 22.6. The first kappa shape index (κ1) is 30.0. The van der Waals surface area contributed by atoms with Crippen molar-refractivity contribution in [3.8, 4) is 22.9 Å². The molecule has 0 saturated heterocycles. The second-order valence-electron chi connectivity index (χ2n) is 8.88. The van der Waals surface area contributed by atoms with Crippen molar-refractivity contribution in [1.29, 1.82) is 0 Å². The van der Waals surface area contributed by atoms with Crippen molar-refractivity contribution < 1.29 is 27.4 Å². The Balaban J connectivity index is 0.000000343. The summed E-state index contributed by atoms with van der Waals surface area (Å²) < 4.78 is 48.7. The number of aryl methyl sites for hydroxylation is 1. The number of anilines is 3. The normalized spacial score (nSPS) is 11.0. The summed E-state index contributed by atoms with van der Waals surface area (Å²) in [7, 11) is 3.11. The van der Waals surface area contributed by atoms with E-state index in [2.05, 4.69) is 20.3 Å². The number of aromatic amines is 1. The molecule has 42 heavy (non-hydrogen) atoms. The Hall–Kier alpha value is -4.97. The van der Waals surface area contributed by atoms with Crippen LogP contribution in [0.1, 0.15) is 21.7 Å². The number of hydrogen-bond acceptors (Lipinski definition) is 7. The number of nitrogens with zero attached hydrogens (tertiary/aromatic N) is 2. The number of nitrogens with one attached hydrogen (secondary N) is 2. The number of H-pyrrole nitrogens is 1. The molecule has 0 aliphatic rings. The lowest BCUT2D eigenvalue weighted by Gasteiger charge is -2.11. The SMILES string of the molecule is COc1cccc(N)c1N.COc1cccc2[nH]c(-c3cc(NC(=O)c4ccc(C(F)(F)F)nc4C)ccc3Cl)nc12. The molecule has 0 aliphatic heterocycles. The average molecular weight is 599 g/mol. The number of halogens is 4. The van der Waals surface area contributed by atoms with Gasteiger partial charge in [0.05, 0.1) is 47.4 Å². The fraction of sp³-hybridized carbons (Fsp3) is 0.138. The van der Waals surface area contributed by atoms with Crippen LogP contribution in [-0.2, 0) is 6.18 Å². The number of carbonyl (C=O) groups is 1. The fourth-order valence-corrected chi connectivity index (χ4v) is 4.19. The molecule has 13 heteroatoms. The molecule has 0 fully saturated rings. The number of benzene rings is 3. The third-order valence-corrected chi connectivity index (χ3v) is 6.45. The summed E-state index contributed by atoms with van der Waals surface area (Å²) in [5.74, 6) is 1.09. The van der Waals surface area contributed by atoms with E-state index in [1.54, 1.807) is 56.7 Å². The molecule has 3 aromatic carbocycles. The van der Waals surface area contributed by atoms with E-state index in [-0.39, 0.29) is 11.3 Å². The molecule has 2 aromatic heterocycles. The molecule has 9 nitrogen and oxygen atoms in total. The second-order valence-corrected chi connectivity index (χ2v) is 9.29. The van der Waals surface area contributed by atoms with Crippen LogP contribution in [0.5, 0.6) is 11.5 Å². The van der Waals surface area contributed by atoms with Crippen LogP contribution in [0.2, 0.25) is 5.02 Å². The Kier molecular flexibility index (Phi) is 8.76. The van der Waals surface area contributed by atoms with Gasteiger partial charge in [-0.2, -0.15) is 13.2 Å². The lowest BCUT2D eigenvalue weighted by molar-refractivity contribution is -0.141. The molecule has 0 bridgehead atoms. The van der Waals surface area contributed by atoms with Gasteiger partial charge in [-0.05, 0) is 61.5 Å². The van der Waals surface area contributed by atoms with Gasteiger partial charge >= 0.3 is 6.18 Å². The topological polar surface area (TPSA) is 141 Å². The lowest BCUT2D eigenvalue weighted by Crippen LogP contribution is -2.16. The smallest absolute Gasteiger partial charge is 0.433 e. The van der Waals surface area contributed by atoms with Crippen molar-refractivity contribution in [2.75, 3.05) is 31.0 Å². The molecule has 0 atom stereocenters. The van der Waals surface area contributed by atoms with Crippen LogP contribution in [0.15, 0.2) is 66.7 Å². The maximum Gasteiger partial charge on any atom is 0.433 e. The van der Waals surface area contributed by atoms with Gasteiger partial charge in [0.1, 0.15) is 28.5 Å². The zero-order valence-corrected chi connectivity index (χ0v) is 23.4. The van der Waals surface area contributed by atoms with Gasteiger partial charge < -0.3 is 31.2 Å². The molecule has 0 radical (unpaired) electrons. The van der Waals surface area contributed by atoms with E-state index in [0.29, 0.717) is 50.5 Å². The van der Waals surface area contributed by atoms with Crippen LogP contribution in [-0.4, -0.2) is 35.1 Å². The number of imidazole rings is 1. The highest BCUT2D eigenvalue weighted by Crippen LogP contribution is 2.33. The van der Waals surface area contributed by atoms with Gasteiger partial charge in [-0.25, -0.2) is 9.97 Å². The molecule has 0 unspecified atom stereocenters. The Morgan fingerprint density at radius 2 is 1.64 bits per heavy atom. The van der Waals surface area contributed by atoms with Crippen molar-refractivity contribution in [2.45, 2.75) is 13.1 Å². The van der Waals surface area contributed by atoms with Gasteiger partial charge in [0, 0.05) is 11.3 Å². The predicted octanol–water partition coefficient (Wildman–Crippen LogP) is 6.73. The number of methoxy groups -OCH3 is 2. The third kappa shape index (κ3) is 6.50. The Labute approximate surface area is 243 Å². The van der Waals surface area contributed by atoms with Crippen LogP contribution in [0, 0.1) is 6.92 Å². The molecular formula is C29H26ClF3N6O3. The van der Waals surface area contributed by atoms with E-state index in [1.807, 2.05) is 12.1 Å². The van der Waals surface area contributed by atoms with Gasteiger partial charge in [-0.3, -0.25) is 4.79 Å². The summed E-state index contributed by atoms with van der Waals surface area (Å²) in [6.07, 6.45) is -4.58. The van der Waals surface area contributed by atoms with E-state index in [0.717, 1.165) is 17.6 Å². The number of ether oxygens (including phenoxy) is 2. The number of rotatable bonds is 5. The van der Waals surface area contributed by atoms with Crippen molar-refractivity contribution in [3.05, 3.63) is 88.7 Å². The molecule has 5 aromatic rings. The summed E-state index contributed by atoms with van der Waals surface area (Å²) in [5.41, 5.74) is 13.3. The molecule has 218 valence electrons. The average Bonchev–Trinajstić information content (AvgIpc) is 3.39. The van der Waals surface area contributed by atoms with Gasteiger partial charge in [0.15, 0.2) is 0 Å². The van der Waals surface area contributed by atoms with Gasteiger partial charge in [-0.15, -0.1) is 0 Å². The maximum absolute atomic E-state index is 12.8. The van der Waals surface area contributed by atoms with E-state index in [9.17, 15) is 18.0 Å². The van der Waals surface area contributed by atoms with Gasteiger partial charge in [0.2, 0.25) is 0 Å². The number of amides is 1. The van der Waals surface area contributed by atoms with Crippen LogP contribution < -0.4 is 26.3 Å². The Morgan fingerprint density at radius 3 is 2.29 bits per heavy atom. The van der Waals surface area contributed by atoms with Crippen LogP contribution in [0.3, 0.4) is 0 Å². The number of alkyl halides is 3. The zero-order chi connectivity index (χ0) is 30.6. The summed E-state index contributed by atoms with van der Waals surface area (Å²) in [5, 5.41) is 3.06. The molecule has 2 heterocycles. The first-order valence-corrected chi connectivity index (χ1v) is 12.7. The standard InChI is InChI=1S/C22H16ClF3N4O2.C7H10N2O/c1-11-13(7-9-18(27-11)22(24,25)26)21(31)28-12-6-8-15(23)14(10-12)20-29-16-4-3-5-17(32-2)19(16)30-20;1-10-6-4-2-3-5(8)7(6)9/h3-10H,1-2H3,(H,28,31)(H,29,30);2-4H,8-9H2,1H3. The lowest BCUT2D eigenvalue weighted by atomic mass is 10.1. The molecule has 0 aliphatic carbocycles. The minimum atomic E-state index is -4.58. The van der Waals surface area contributed by atoms with E-state index in [1.165, 1.54) is 6.92 Å². The number of pyridine rings is 1. The molecule has 0 saturated carbocycles. The fourth-order valence-electron chi connectivity index (χ4n) is 3.98. The number of carbonyl (C=O) groups excluding carboxylic acids is 1. The number of aromatic nitrogens is 3. The molecule has 0 spiro atoms. The van der Waals surface area contributed by atoms with Gasteiger partial charge in [-0.1, -0.05) is 23.7 Å². The van der Waals surface area contributed by atoms with E-state index < -0.39 is 17.8 Å². The van der Waals surface area contributed by atoms with E-state index >= 15 is 0 Å². The van der Waals surface area contributed by atoms with Crippen molar-refractivity contribution in [1.82, 2.24) is 15.0 Å². The van der Waals surface area contributed by atoms with Crippen molar-refractivity contribution in [2.24, 2.45) is 0 Å². The predicted molar refractivity (Wildman–Crippen MR) is 157 cm³/mol. The van der Waals surface area contributed by atoms with Crippen LogP contribution in [0.25, 0.3) is 22.4 Å². The van der Waals surface area contributed by atoms with Crippen molar-refractivity contribution in [3.63, 3.8) is 0 Å². The maximum atomic E-state index is 12.8. The van der Waals surface area contributed by atoms with Crippen LogP contribution in [0.4, 0.5) is 30.2 Å². The first-order valence-electron chi connectivity index (χ1n) is 12.3. The number of nitrogen functional groups attached to an aromatic ring is 2. The summed E-state index contributed by atoms with van der Waals surface area (Å²) in [4.78, 5) is 23.9.